The Labute approximate surface area is 320 Å². The number of fused-ring (bicyclic) bond motifs is 5. The highest BCUT2D eigenvalue weighted by molar-refractivity contribution is 6.01. The Morgan fingerprint density at radius 3 is 2.25 bits per heavy atom. The number of unbranched alkanes of at least 4 members (excludes halogenated alkanes) is 2. The summed E-state index contributed by atoms with van der Waals surface area (Å²) in [6, 6.07) is 0. The number of allylic oxidation sites excluding steroid dienone is 4. The first kappa shape index (κ1) is 43.7. The third-order valence-electron chi connectivity index (χ3n) is 12.1. The van der Waals surface area contributed by atoms with Gasteiger partial charge in [-0.2, -0.15) is 0 Å². The molecule has 0 aromatic rings. The smallest absolute Gasteiger partial charge is 0.345 e. The molecule has 0 radical (unpaired) electrons. The Morgan fingerprint density at radius 2 is 1.61 bits per heavy atom. The van der Waals surface area contributed by atoms with Gasteiger partial charge in [0.1, 0.15) is 0 Å². The lowest BCUT2D eigenvalue weighted by Gasteiger charge is -2.62. The van der Waals surface area contributed by atoms with E-state index in [1.807, 2.05) is 0 Å². The topological polar surface area (TPSA) is 275 Å². The van der Waals surface area contributed by atoms with Gasteiger partial charge in [0.05, 0.1) is 25.7 Å². The molecule has 19 nitrogen and oxygen atoms in total. The van der Waals surface area contributed by atoms with Crippen LogP contribution in [0.1, 0.15) is 91.4 Å². The number of Topliss-reactive ketones (excluding diaryl/α,β-unsaturated/α-hetero) is 1. The number of carbonyl (C=O) groups excluding carboxylic acids is 5. The molecule has 3 saturated carbocycles. The van der Waals surface area contributed by atoms with Gasteiger partial charge in [0, 0.05) is 35.5 Å². The van der Waals surface area contributed by atoms with Crippen LogP contribution in [0.15, 0.2) is 23.8 Å². The van der Waals surface area contributed by atoms with Crippen molar-refractivity contribution in [3.05, 3.63) is 44.0 Å². The van der Waals surface area contributed by atoms with Crippen molar-refractivity contribution in [2.24, 2.45) is 28.6 Å². The normalized spacial score (nSPS) is 32.0. The minimum Gasteiger partial charge on any atom is -0.478 e. The highest BCUT2D eigenvalue weighted by Crippen LogP contribution is 2.71. The number of aliphatic hydroxyl groups excluding tert-OH is 1. The fourth-order valence-electron chi connectivity index (χ4n) is 9.53. The van der Waals surface area contributed by atoms with Gasteiger partial charge in [0.25, 0.3) is 10.2 Å². The monoisotopic (exact) mass is 798 g/mol. The number of hydrogen-bond donors (Lipinski definition) is 2. The highest BCUT2D eigenvalue weighted by atomic mass is 19.1. The van der Waals surface area contributed by atoms with Crippen LogP contribution in [0.2, 0.25) is 0 Å². The SMILES string of the molecule is C[C@@H]1CC2C3CCC4=CC(=O)C=C[C@]4(C)[C@@]3(F)[C@@H](O)C[C@]2(C)[C@@]1(OC(=O)CCCO[N+](=O)[O-])C(=O)COC(=O)CC(OC(=O)CCCCCO[N+](=O)[O-])C(=O)O. The number of carboxylic acids is 1. The number of esters is 3. The Bertz CT molecular complexity index is 1670. The molecule has 0 aromatic carbocycles. The summed E-state index contributed by atoms with van der Waals surface area (Å²) in [7, 11) is 0. The Morgan fingerprint density at radius 1 is 0.964 bits per heavy atom. The lowest BCUT2D eigenvalue weighted by atomic mass is 9.44. The van der Waals surface area contributed by atoms with E-state index in [4.69, 9.17) is 14.2 Å². The van der Waals surface area contributed by atoms with Gasteiger partial charge in [-0.1, -0.05) is 31.9 Å². The molecule has 4 aliphatic rings. The van der Waals surface area contributed by atoms with Crippen LogP contribution in [0.5, 0.6) is 0 Å². The van der Waals surface area contributed by atoms with Crippen LogP contribution < -0.4 is 0 Å². The summed E-state index contributed by atoms with van der Waals surface area (Å²) in [5.74, 6) is -8.53. The van der Waals surface area contributed by atoms with Gasteiger partial charge in [-0.15, -0.1) is 20.2 Å². The average molecular weight is 799 g/mol. The third kappa shape index (κ3) is 8.53. The van der Waals surface area contributed by atoms with Gasteiger partial charge < -0.3 is 34.1 Å². The highest BCUT2D eigenvalue weighted by Gasteiger charge is 2.77. The van der Waals surface area contributed by atoms with E-state index in [9.17, 15) is 59.2 Å². The molecule has 0 saturated heterocycles. The van der Waals surface area contributed by atoms with Gasteiger partial charge in [-0.05, 0) is 69.9 Å². The summed E-state index contributed by atoms with van der Waals surface area (Å²) in [4.78, 5) is 106. The summed E-state index contributed by atoms with van der Waals surface area (Å²) in [6.45, 7) is 3.10. The Kier molecular flexibility index (Phi) is 13.6. The van der Waals surface area contributed by atoms with Crippen molar-refractivity contribution in [3.63, 3.8) is 0 Å². The summed E-state index contributed by atoms with van der Waals surface area (Å²) in [5, 5.41) is 40.2. The predicted octanol–water partition coefficient (Wildman–Crippen LogP) is 3.14. The molecule has 3 fully saturated rings. The first-order valence-electron chi connectivity index (χ1n) is 18.4. The van der Waals surface area contributed by atoms with E-state index in [-0.39, 0.29) is 50.9 Å². The first-order chi connectivity index (χ1) is 26.2. The largest absolute Gasteiger partial charge is 0.478 e. The van der Waals surface area contributed by atoms with Crippen molar-refractivity contribution < 1.29 is 77.4 Å². The van der Waals surface area contributed by atoms with Crippen LogP contribution in [0, 0.1) is 48.8 Å². The van der Waals surface area contributed by atoms with Crippen molar-refractivity contribution >= 4 is 35.4 Å². The quantitative estimate of drug-likeness (QED) is 0.0588. The number of rotatable bonds is 20. The molecule has 9 atom stereocenters. The second-order valence-electron chi connectivity index (χ2n) is 15.2. The average Bonchev–Trinajstić information content (AvgIpc) is 3.33. The summed E-state index contributed by atoms with van der Waals surface area (Å²) in [6.07, 6.45) is -0.498. The van der Waals surface area contributed by atoms with Crippen molar-refractivity contribution in [3.8, 4) is 0 Å². The number of hydrogen-bond acceptors (Lipinski definition) is 16. The molecule has 4 aliphatic carbocycles. The van der Waals surface area contributed by atoms with E-state index in [2.05, 4.69) is 9.68 Å². The Hall–Kier alpha value is -5.01. The van der Waals surface area contributed by atoms with E-state index < -0.39 is 124 Å². The lowest BCUT2D eigenvalue weighted by molar-refractivity contribution is -0.757. The van der Waals surface area contributed by atoms with Crippen LogP contribution in [0.4, 0.5) is 4.39 Å². The molecular weight excluding hydrogens is 751 g/mol. The standard InChI is InChI=1S/C36H47FN2O17/c1-21-16-25-24-11-10-22-17-23(40)12-13-33(22,2)35(24,37)27(41)19-34(25,3)36(21,56-30(44)9-7-15-54-39(50)51)28(42)20-52-31(45)18-26(32(46)47)55-29(43)8-5-4-6-14-53-38(48)49/h12-13,17,21,24-27,41H,4-11,14-16,18-20H2,1-3H3,(H,46,47)/t21-,24?,25?,26?,27+,33+,34+,35+,36+/m1/s1. The molecular formula is C36H47FN2O17. The second-order valence-corrected chi connectivity index (χ2v) is 15.2. The molecule has 56 heavy (non-hydrogen) atoms. The van der Waals surface area contributed by atoms with E-state index in [0.717, 1.165) is 0 Å². The van der Waals surface area contributed by atoms with Crippen molar-refractivity contribution in [1.29, 1.82) is 0 Å². The van der Waals surface area contributed by atoms with E-state index in [0.29, 0.717) is 18.4 Å². The van der Waals surface area contributed by atoms with Crippen LogP contribution in [-0.4, -0.2) is 99.1 Å². The minimum atomic E-state index is -2.29. The third-order valence-corrected chi connectivity index (χ3v) is 12.1. The van der Waals surface area contributed by atoms with Crippen molar-refractivity contribution in [1.82, 2.24) is 0 Å². The molecule has 0 bridgehead atoms. The van der Waals surface area contributed by atoms with E-state index in [1.54, 1.807) is 20.8 Å². The zero-order valence-electron chi connectivity index (χ0n) is 31.3. The fraction of sp³-hybridized carbons (Fsp3) is 0.722. The molecule has 0 aliphatic heterocycles. The molecule has 0 heterocycles. The number of carboxylic acid groups (broad SMARTS) is 1. The van der Waals surface area contributed by atoms with E-state index in [1.165, 1.54) is 18.2 Å². The molecule has 4 rings (SSSR count). The summed E-state index contributed by atoms with van der Waals surface area (Å²) in [5.41, 5.74) is -6.70. The summed E-state index contributed by atoms with van der Waals surface area (Å²) >= 11 is 0. The predicted molar refractivity (Wildman–Crippen MR) is 183 cm³/mol. The zero-order chi connectivity index (χ0) is 41.6. The van der Waals surface area contributed by atoms with Gasteiger partial charge in [0.2, 0.25) is 11.9 Å². The number of halogens is 1. The number of ketones is 2. The Balaban J connectivity index is 1.53. The molecule has 2 N–H and O–H groups in total. The zero-order valence-corrected chi connectivity index (χ0v) is 31.3. The fourth-order valence-corrected chi connectivity index (χ4v) is 9.53. The molecule has 3 unspecified atom stereocenters. The number of alkyl halides is 1. The van der Waals surface area contributed by atoms with Crippen LogP contribution in [0.25, 0.3) is 0 Å². The van der Waals surface area contributed by atoms with Crippen LogP contribution in [-0.2, 0) is 52.7 Å². The second kappa shape index (κ2) is 17.4. The lowest BCUT2D eigenvalue weighted by Crippen LogP contribution is -2.70. The number of aliphatic hydroxyl groups is 1. The van der Waals surface area contributed by atoms with Crippen LogP contribution >= 0.6 is 0 Å². The maximum Gasteiger partial charge on any atom is 0.345 e. The van der Waals surface area contributed by atoms with Gasteiger partial charge >= 0.3 is 23.9 Å². The molecule has 0 amide bonds. The first-order valence-corrected chi connectivity index (χ1v) is 18.4. The number of ether oxygens (including phenoxy) is 3. The van der Waals surface area contributed by atoms with Gasteiger partial charge in [-0.25, -0.2) is 9.18 Å². The minimum absolute atomic E-state index is 0.133. The molecule has 0 spiro atoms. The molecule has 0 aromatic heterocycles. The summed E-state index contributed by atoms with van der Waals surface area (Å²) < 4.78 is 33.9. The maximum absolute atomic E-state index is 17.8. The van der Waals surface area contributed by atoms with Gasteiger partial charge in [-0.3, -0.25) is 24.0 Å². The number of carbonyl (C=O) groups is 6. The molecule has 20 heteroatoms. The number of nitrogens with zero attached hydrogens (tertiary/aromatic N) is 2. The van der Waals surface area contributed by atoms with Crippen molar-refractivity contribution in [2.45, 2.75) is 115 Å². The molecule has 310 valence electrons. The van der Waals surface area contributed by atoms with Gasteiger partial charge in [0.15, 0.2) is 23.7 Å². The number of aliphatic carboxylic acids is 1. The maximum atomic E-state index is 17.8. The van der Waals surface area contributed by atoms with Crippen LogP contribution in [0.3, 0.4) is 0 Å². The van der Waals surface area contributed by atoms with E-state index >= 15 is 4.39 Å². The van der Waals surface area contributed by atoms with Crippen molar-refractivity contribution in [2.75, 3.05) is 19.8 Å².